The van der Waals surface area contributed by atoms with Gasteiger partial charge in [-0.2, -0.15) is 0 Å². The predicted octanol–water partition coefficient (Wildman–Crippen LogP) is 1.31. The Bertz CT molecular complexity index is 477. The Balaban J connectivity index is 2.97. The van der Waals surface area contributed by atoms with E-state index < -0.39 is 21.4 Å². The van der Waals surface area contributed by atoms with E-state index in [9.17, 15) is 13.2 Å². The highest BCUT2D eigenvalue weighted by Gasteiger charge is 2.18. The summed E-state index contributed by atoms with van der Waals surface area (Å²) < 4.78 is 27.6. The number of sulfone groups is 1. The van der Waals surface area contributed by atoms with E-state index in [1.165, 1.54) is 14.0 Å². The Labute approximate surface area is 95.2 Å². The summed E-state index contributed by atoms with van der Waals surface area (Å²) in [5, 5.41) is 0. The van der Waals surface area contributed by atoms with Gasteiger partial charge in [0, 0.05) is 5.75 Å². The Morgan fingerprint density at radius 1 is 1.31 bits per heavy atom. The van der Waals surface area contributed by atoms with Crippen LogP contribution in [0.4, 0.5) is 0 Å². The fourth-order valence-corrected chi connectivity index (χ4v) is 2.01. The third kappa shape index (κ3) is 3.06. The predicted molar refractivity (Wildman–Crippen MR) is 61.7 cm³/mol. The molecule has 0 saturated heterocycles. The fourth-order valence-electron chi connectivity index (χ4n) is 1.25. The molecular weight excluding hydrogens is 228 g/mol. The molecule has 0 amide bonds. The smallest absolute Gasteiger partial charge is 0.181 e. The van der Waals surface area contributed by atoms with Crippen molar-refractivity contribution in [3.8, 4) is 5.75 Å². The highest BCUT2D eigenvalue weighted by molar-refractivity contribution is 7.92. The molecule has 1 aromatic rings. The van der Waals surface area contributed by atoms with Gasteiger partial charge in [0.25, 0.3) is 0 Å². The minimum Gasteiger partial charge on any atom is -0.496 e. The average Bonchev–Trinajstić information content (AvgIpc) is 2.28. The second-order valence-corrected chi connectivity index (χ2v) is 5.65. The number of hydrogen-bond donors (Lipinski definition) is 0. The zero-order valence-electron chi connectivity index (χ0n) is 9.26. The summed E-state index contributed by atoms with van der Waals surface area (Å²) in [4.78, 5) is 11.7. The van der Waals surface area contributed by atoms with Crippen LogP contribution >= 0.6 is 0 Å². The first kappa shape index (κ1) is 12.7. The van der Waals surface area contributed by atoms with Gasteiger partial charge in [-0.25, -0.2) is 8.42 Å². The lowest BCUT2D eigenvalue weighted by atomic mass is 10.1. The number of carbonyl (C=O) groups excluding carboxylic acids is 1. The first-order chi connectivity index (χ1) is 7.50. The zero-order chi connectivity index (χ0) is 12.2. The molecule has 0 saturated carbocycles. The summed E-state index contributed by atoms with van der Waals surface area (Å²) in [5.74, 6) is -0.532. The molecule has 0 aromatic heterocycles. The highest BCUT2D eigenvalue weighted by Crippen LogP contribution is 2.18. The number of hydrogen-bond acceptors (Lipinski definition) is 4. The monoisotopic (exact) mass is 242 g/mol. The largest absolute Gasteiger partial charge is 0.496 e. The van der Waals surface area contributed by atoms with E-state index in [4.69, 9.17) is 4.74 Å². The highest BCUT2D eigenvalue weighted by atomic mass is 32.2. The molecule has 0 bridgehead atoms. The third-order valence-electron chi connectivity index (χ3n) is 2.20. The molecule has 0 fully saturated rings. The van der Waals surface area contributed by atoms with Crippen molar-refractivity contribution in [1.29, 1.82) is 0 Å². The zero-order valence-corrected chi connectivity index (χ0v) is 10.1. The molecule has 0 N–H and O–H groups in total. The van der Waals surface area contributed by atoms with Gasteiger partial charge in [-0.05, 0) is 12.1 Å². The lowest BCUT2D eigenvalue weighted by molar-refractivity contribution is 0.101. The van der Waals surface area contributed by atoms with Crippen LogP contribution in [0, 0.1) is 0 Å². The molecule has 0 heterocycles. The van der Waals surface area contributed by atoms with E-state index in [2.05, 4.69) is 0 Å². The number of benzene rings is 1. The number of para-hydroxylation sites is 1. The van der Waals surface area contributed by atoms with Crippen molar-refractivity contribution in [1.82, 2.24) is 0 Å². The maximum absolute atomic E-state index is 11.7. The number of ketones is 1. The summed E-state index contributed by atoms with van der Waals surface area (Å²) in [6, 6.07) is 6.59. The Kier molecular flexibility index (Phi) is 4.06. The van der Waals surface area contributed by atoms with Gasteiger partial charge in [0.2, 0.25) is 0 Å². The number of Topliss-reactive ketones (excluding diaryl/α,β-unsaturated/α-hetero) is 1. The van der Waals surface area contributed by atoms with Crippen LogP contribution in [0.1, 0.15) is 17.3 Å². The van der Waals surface area contributed by atoms with Crippen molar-refractivity contribution in [3.05, 3.63) is 29.8 Å². The second-order valence-electron chi connectivity index (χ2n) is 3.30. The molecule has 0 aliphatic carbocycles. The molecule has 1 rings (SSSR count). The molecule has 5 heteroatoms. The van der Waals surface area contributed by atoms with Gasteiger partial charge < -0.3 is 4.74 Å². The molecule has 0 unspecified atom stereocenters. The van der Waals surface area contributed by atoms with Crippen molar-refractivity contribution in [2.45, 2.75) is 6.92 Å². The van der Waals surface area contributed by atoms with E-state index in [1.807, 2.05) is 0 Å². The summed E-state index contributed by atoms with van der Waals surface area (Å²) in [5.41, 5.74) is 0.307. The topological polar surface area (TPSA) is 60.4 Å². The van der Waals surface area contributed by atoms with Crippen molar-refractivity contribution in [2.75, 3.05) is 18.6 Å². The maximum atomic E-state index is 11.7. The summed E-state index contributed by atoms with van der Waals surface area (Å²) >= 11 is 0. The summed E-state index contributed by atoms with van der Waals surface area (Å²) in [7, 11) is -1.85. The quantitative estimate of drug-likeness (QED) is 0.730. The van der Waals surface area contributed by atoms with Crippen LogP contribution in [0.25, 0.3) is 0 Å². The van der Waals surface area contributed by atoms with Crippen LogP contribution in [0.3, 0.4) is 0 Å². The van der Waals surface area contributed by atoms with Gasteiger partial charge in [-0.3, -0.25) is 4.79 Å². The second kappa shape index (κ2) is 5.12. The van der Waals surface area contributed by atoms with Crippen molar-refractivity contribution < 1.29 is 17.9 Å². The van der Waals surface area contributed by atoms with E-state index in [0.29, 0.717) is 11.3 Å². The normalized spacial score (nSPS) is 11.1. The number of rotatable bonds is 5. The lowest BCUT2D eigenvalue weighted by Crippen LogP contribution is -2.18. The van der Waals surface area contributed by atoms with Crippen LogP contribution in [-0.2, 0) is 9.84 Å². The van der Waals surface area contributed by atoms with Crippen molar-refractivity contribution in [3.63, 3.8) is 0 Å². The number of methoxy groups -OCH3 is 1. The minimum absolute atomic E-state index is 0.0338. The lowest BCUT2D eigenvalue weighted by Gasteiger charge is -2.06. The van der Waals surface area contributed by atoms with Gasteiger partial charge in [0.05, 0.1) is 12.7 Å². The van der Waals surface area contributed by atoms with E-state index in [-0.39, 0.29) is 5.75 Å². The molecular formula is C11H14O4S. The molecule has 0 atom stereocenters. The summed E-state index contributed by atoms with van der Waals surface area (Å²) in [6.45, 7) is 1.52. The molecule has 0 aliphatic heterocycles. The molecule has 0 radical (unpaired) electrons. The van der Waals surface area contributed by atoms with Gasteiger partial charge in [-0.1, -0.05) is 19.1 Å². The standard InChI is InChI=1S/C11H14O4S/c1-3-16(13,14)8-10(12)9-6-4-5-7-11(9)15-2/h4-7H,3,8H2,1-2H3. The number of ether oxygens (including phenoxy) is 1. The van der Waals surface area contributed by atoms with Crippen LogP contribution in [0.15, 0.2) is 24.3 Å². The fraction of sp³-hybridized carbons (Fsp3) is 0.364. The third-order valence-corrected chi connectivity index (χ3v) is 3.78. The molecule has 16 heavy (non-hydrogen) atoms. The van der Waals surface area contributed by atoms with Crippen LogP contribution in [0.2, 0.25) is 0 Å². The Morgan fingerprint density at radius 3 is 2.50 bits per heavy atom. The van der Waals surface area contributed by atoms with E-state index >= 15 is 0 Å². The average molecular weight is 242 g/mol. The first-order valence-corrected chi connectivity index (χ1v) is 6.69. The molecule has 88 valence electrons. The van der Waals surface area contributed by atoms with Gasteiger partial charge in [-0.15, -0.1) is 0 Å². The summed E-state index contributed by atoms with van der Waals surface area (Å²) in [6.07, 6.45) is 0. The first-order valence-electron chi connectivity index (χ1n) is 4.87. The Hall–Kier alpha value is -1.36. The van der Waals surface area contributed by atoms with E-state index in [0.717, 1.165) is 0 Å². The number of carbonyl (C=O) groups is 1. The van der Waals surface area contributed by atoms with E-state index in [1.54, 1.807) is 24.3 Å². The van der Waals surface area contributed by atoms with Crippen molar-refractivity contribution >= 4 is 15.6 Å². The van der Waals surface area contributed by atoms with Gasteiger partial charge in [0.1, 0.15) is 11.5 Å². The minimum atomic E-state index is -3.30. The van der Waals surface area contributed by atoms with Gasteiger partial charge in [0.15, 0.2) is 15.6 Å². The van der Waals surface area contributed by atoms with Gasteiger partial charge >= 0.3 is 0 Å². The molecule has 1 aromatic carbocycles. The van der Waals surface area contributed by atoms with Crippen LogP contribution in [-0.4, -0.2) is 32.8 Å². The van der Waals surface area contributed by atoms with Crippen LogP contribution < -0.4 is 4.74 Å². The molecule has 0 spiro atoms. The molecule has 0 aliphatic rings. The van der Waals surface area contributed by atoms with Crippen molar-refractivity contribution in [2.24, 2.45) is 0 Å². The van der Waals surface area contributed by atoms with Crippen LogP contribution in [0.5, 0.6) is 5.75 Å². The molecule has 4 nitrogen and oxygen atoms in total. The maximum Gasteiger partial charge on any atom is 0.181 e. The SMILES string of the molecule is CCS(=O)(=O)CC(=O)c1ccccc1OC. The Morgan fingerprint density at radius 2 is 1.94 bits per heavy atom.